The predicted octanol–water partition coefficient (Wildman–Crippen LogP) is 1.04. The number of carboxylic acids is 1. The number of fused-ring (bicyclic) bond motifs is 1. The van der Waals surface area contributed by atoms with Gasteiger partial charge in [0, 0.05) is 22.4 Å². The molecule has 0 fully saturated rings. The number of hydrogen-bond acceptors (Lipinski definition) is 9. The van der Waals surface area contributed by atoms with Crippen molar-refractivity contribution in [2.24, 2.45) is 5.92 Å². The first-order valence-corrected chi connectivity index (χ1v) is 12.1. The normalized spacial score (nSPS) is 20.9. The lowest BCUT2D eigenvalue weighted by Gasteiger charge is -2.40. The Labute approximate surface area is 224 Å². The third-order valence-electron chi connectivity index (χ3n) is 6.48. The largest absolute Gasteiger partial charge is 0.507 e. The lowest BCUT2D eigenvalue weighted by Crippen LogP contribution is -2.59. The highest BCUT2D eigenvalue weighted by molar-refractivity contribution is 5.97. The number of carboxylic acid groups (broad SMARTS) is 1. The molecule has 6 N–H and O–H groups in total. The highest BCUT2D eigenvalue weighted by atomic mass is 16.5. The first-order valence-electron chi connectivity index (χ1n) is 12.6. The number of carbonyl (C=O) groups is 2. The Hall–Kier alpha value is -4.44. The molecule has 0 spiro atoms. The number of benzene rings is 2. The summed E-state index contributed by atoms with van der Waals surface area (Å²) < 4.78 is 15.3. The van der Waals surface area contributed by atoms with E-state index >= 15 is 0 Å². The standard InChI is InChI=1S/C27H28N4O8/c1-13(2)26(36)29-23-17(10-21(27(37)38)39-25(23)24(35)20(34)12-32)31-18(11-28)16-8-5-7-15(22(16)30-31)14-6-3-4-9-19(14)33/h3-10,13,17,20,23-25,32-35H,12H2,1-2H3,(H,29,36)(H,37,38)/t17-,20+,23+,24+,25+/m0/s1/i/hD. The first-order chi connectivity index (χ1) is 19.0. The molecular weight excluding hydrogens is 508 g/mol. The van der Waals surface area contributed by atoms with Gasteiger partial charge in [-0.3, -0.25) is 4.79 Å². The summed E-state index contributed by atoms with van der Waals surface area (Å²) in [6, 6.07) is 10.6. The number of aromatic hydroxyl groups is 1. The maximum Gasteiger partial charge on any atom is 0.370 e. The molecule has 5 atom stereocenters. The molecule has 2 aromatic carbocycles. The summed E-state index contributed by atoms with van der Waals surface area (Å²) in [5, 5.41) is 66.4. The topological polar surface area (TPSA) is 198 Å². The van der Waals surface area contributed by atoms with Crippen molar-refractivity contribution in [2.75, 3.05) is 6.61 Å². The molecule has 12 heteroatoms. The van der Waals surface area contributed by atoms with E-state index in [1.165, 1.54) is 19.9 Å². The Morgan fingerprint density at radius 3 is 2.51 bits per heavy atom. The first kappa shape index (κ1) is 26.2. The van der Waals surface area contributed by atoms with Crippen molar-refractivity contribution in [3.8, 4) is 22.9 Å². The molecule has 4 rings (SSSR count). The number of hydrogen-bond donors (Lipinski definition) is 6. The zero-order valence-corrected chi connectivity index (χ0v) is 21.0. The highest BCUT2D eigenvalue weighted by Crippen LogP contribution is 2.37. The molecule has 0 saturated heterocycles. The Bertz CT molecular complexity index is 1510. The summed E-state index contributed by atoms with van der Waals surface area (Å²) in [7, 11) is 0. The molecule has 0 bridgehead atoms. The van der Waals surface area contributed by atoms with E-state index in [0.717, 1.165) is 10.8 Å². The molecule has 2 heterocycles. The van der Waals surface area contributed by atoms with Crippen LogP contribution in [0.2, 0.25) is 1.41 Å². The van der Waals surface area contributed by atoms with E-state index < -0.39 is 60.6 Å². The number of phenolic OH excluding ortho intramolecular Hbond substituents is 1. The third kappa shape index (κ3) is 5.15. The second-order valence-corrected chi connectivity index (χ2v) is 9.39. The summed E-state index contributed by atoms with van der Waals surface area (Å²) in [6.45, 7) is 2.16. The maximum absolute atomic E-state index is 13.0. The van der Waals surface area contributed by atoms with Gasteiger partial charge in [-0.05, 0) is 18.2 Å². The van der Waals surface area contributed by atoms with Gasteiger partial charge in [-0.15, -0.1) is 0 Å². The number of amides is 1. The van der Waals surface area contributed by atoms with Crippen LogP contribution in [0.25, 0.3) is 22.0 Å². The molecule has 1 amide bonds. The van der Waals surface area contributed by atoms with E-state index in [4.69, 9.17) is 6.15 Å². The van der Waals surface area contributed by atoms with Gasteiger partial charge >= 0.3 is 5.97 Å². The van der Waals surface area contributed by atoms with Crippen LogP contribution in [0, 0.1) is 17.2 Å². The molecule has 0 aliphatic carbocycles. The smallest absolute Gasteiger partial charge is 0.370 e. The quantitative estimate of drug-likeness (QED) is 0.241. The van der Waals surface area contributed by atoms with Crippen LogP contribution in [0.15, 0.2) is 54.3 Å². The minimum absolute atomic E-state index is 0.0406. The highest BCUT2D eigenvalue weighted by Gasteiger charge is 2.45. The number of para-hydroxylation sites is 1. The molecule has 0 saturated carbocycles. The SMILES string of the molecule is [2H]N(C(=O)C(C)C)[C@H]1[C@H]([C@H](O)[C@H](O)CO)OC(C(=O)O)=C[C@@H]1n1nc2c(-c3ccccc3O)cccc2c1C#N. The minimum atomic E-state index is -1.93. The van der Waals surface area contributed by atoms with Crippen LogP contribution in [0.1, 0.15) is 25.6 Å². The molecule has 1 aliphatic heterocycles. The van der Waals surface area contributed by atoms with Crippen LogP contribution in [0.3, 0.4) is 0 Å². The number of nitrogens with zero attached hydrogens (tertiary/aromatic N) is 3. The van der Waals surface area contributed by atoms with Gasteiger partial charge in [-0.1, -0.05) is 44.2 Å². The number of ether oxygens (including phenoxy) is 1. The molecule has 1 aromatic heterocycles. The van der Waals surface area contributed by atoms with Gasteiger partial charge < -0.3 is 35.6 Å². The summed E-state index contributed by atoms with van der Waals surface area (Å²) in [4.78, 5) is 25.0. The monoisotopic (exact) mass is 537 g/mol. The van der Waals surface area contributed by atoms with Crippen molar-refractivity contribution in [3.05, 3.63) is 60.0 Å². The van der Waals surface area contributed by atoms with Crippen molar-refractivity contribution in [1.82, 2.24) is 15.1 Å². The number of carbonyl (C=O) groups excluding carboxylic acids is 1. The summed E-state index contributed by atoms with van der Waals surface area (Å²) >= 11 is 0. The fourth-order valence-electron chi connectivity index (χ4n) is 4.45. The van der Waals surface area contributed by atoms with Crippen LogP contribution in [-0.2, 0) is 14.3 Å². The van der Waals surface area contributed by atoms with Crippen molar-refractivity contribution in [3.63, 3.8) is 0 Å². The lowest BCUT2D eigenvalue weighted by atomic mass is 9.91. The Balaban J connectivity index is 2.01. The van der Waals surface area contributed by atoms with Crippen molar-refractivity contribution >= 4 is 22.8 Å². The number of aliphatic hydroxyl groups excluding tert-OH is 3. The zero-order valence-electron chi connectivity index (χ0n) is 22.0. The van der Waals surface area contributed by atoms with Gasteiger partial charge in [0.2, 0.25) is 11.7 Å². The number of aromatic nitrogens is 2. The van der Waals surface area contributed by atoms with E-state index in [0.29, 0.717) is 21.8 Å². The zero-order chi connectivity index (χ0) is 29.3. The molecule has 12 nitrogen and oxygen atoms in total. The van der Waals surface area contributed by atoms with Crippen LogP contribution in [0.5, 0.6) is 5.75 Å². The number of nitriles is 1. The van der Waals surface area contributed by atoms with E-state index in [-0.39, 0.29) is 17.0 Å². The van der Waals surface area contributed by atoms with Gasteiger partial charge in [0.15, 0.2) is 1.41 Å². The van der Waals surface area contributed by atoms with E-state index in [2.05, 4.69) is 5.10 Å². The van der Waals surface area contributed by atoms with Gasteiger partial charge in [-0.25, -0.2) is 9.48 Å². The van der Waals surface area contributed by atoms with Crippen LogP contribution >= 0.6 is 0 Å². The Kier molecular flexibility index (Phi) is 7.47. The van der Waals surface area contributed by atoms with E-state index in [1.807, 2.05) is 6.07 Å². The molecule has 1 aliphatic rings. The summed E-state index contributed by atoms with van der Waals surface area (Å²) in [6.07, 6.45) is -4.37. The third-order valence-corrected chi connectivity index (χ3v) is 6.48. The number of nitrogens with one attached hydrogen (secondary N) is 1. The number of rotatable bonds is 8. The molecule has 0 radical (unpaired) electrons. The number of aliphatic hydroxyl groups is 3. The number of phenols is 1. The van der Waals surface area contributed by atoms with Crippen molar-refractivity contribution < 1.29 is 41.3 Å². The molecule has 0 unspecified atom stereocenters. The fraction of sp³-hybridized carbons (Fsp3) is 0.333. The second kappa shape index (κ2) is 11.1. The fourth-order valence-corrected chi connectivity index (χ4v) is 4.45. The van der Waals surface area contributed by atoms with Crippen LogP contribution in [-0.4, -0.2) is 78.2 Å². The summed E-state index contributed by atoms with van der Waals surface area (Å²) in [5.41, 5.74) is 1.11. The predicted molar refractivity (Wildman–Crippen MR) is 137 cm³/mol. The molecule has 3 aromatic rings. The molecule has 39 heavy (non-hydrogen) atoms. The average molecular weight is 538 g/mol. The van der Waals surface area contributed by atoms with Gasteiger partial charge in [0.05, 0.1) is 18.7 Å². The van der Waals surface area contributed by atoms with Gasteiger partial charge in [-0.2, -0.15) is 10.4 Å². The van der Waals surface area contributed by atoms with Crippen molar-refractivity contribution in [1.29, 1.82) is 5.26 Å². The lowest BCUT2D eigenvalue weighted by molar-refractivity contribution is -0.147. The second-order valence-electron chi connectivity index (χ2n) is 9.39. The maximum atomic E-state index is 13.0. The molecule has 204 valence electrons. The van der Waals surface area contributed by atoms with Crippen LogP contribution < -0.4 is 5.31 Å². The van der Waals surface area contributed by atoms with Gasteiger partial charge in [0.25, 0.3) is 0 Å². The minimum Gasteiger partial charge on any atom is -0.507 e. The van der Waals surface area contributed by atoms with Crippen molar-refractivity contribution in [2.45, 2.75) is 44.2 Å². The molecular formula is C27H28N4O8. The Morgan fingerprint density at radius 2 is 1.90 bits per heavy atom. The summed E-state index contributed by atoms with van der Waals surface area (Å²) in [5.74, 6) is -3.67. The van der Waals surface area contributed by atoms with Gasteiger partial charge in [0.1, 0.15) is 41.3 Å². The van der Waals surface area contributed by atoms with E-state index in [9.17, 15) is 40.4 Å². The number of aliphatic carboxylic acids is 1. The van der Waals surface area contributed by atoms with E-state index in [1.54, 1.807) is 36.4 Å². The average Bonchev–Trinajstić information content (AvgIpc) is 3.33. The Morgan fingerprint density at radius 1 is 1.21 bits per heavy atom. The van der Waals surface area contributed by atoms with Crippen LogP contribution in [0.4, 0.5) is 0 Å².